The Morgan fingerprint density at radius 1 is 1.06 bits per heavy atom. The Morgan fingerprint density at radius 3 is 2.39 bits per heavy atom. The number of carbonyl (C=O) groups is 1. The standard InChI is InChI=1S/C21H28N2O7S/c1-14(13-28-2)23-31(26,27)16-6-7-18(17(12-16)21(24)25)22-10-9-15-5-8-19(29-3)20(11-15)30-4/h5-8,11-12,14,22-23H,9-10,13H2,1-4H3,(H,24,25)/t14-/m0/s1. The molecule has 9 nitrogen and oxygen atoms in total. The maximum atomic E-state index is 12.5. The number of aromatic carboxylic acids is 1. The van der Waals surface area contributed by atoms with E-state index in [2.05, 4.69) is 10.0 Å². The van der Waals surface area contributed by atoms with Gasteiger partial charge >= 0.3 is 5.97 Å². The lowest BCUT2D eigenvalue weighted by Crippen LogP contribution is -2.35. The van der Waals surface area contributed by atoms with Gasteiger partial charge in [0.25, 0.3) is 0 Å². The molecule has 0 saturated heterocycles. The second kappa shape index (κ2) is 11.0. The van der Waals surface area contributed by atoms with E-state index in [9.17, 15) is 18.3 Å². The molecule has 0 radical (unpaired) electrons. The van der Waals surface area contributed by atoms with Gasteiger partial charge < -0.3 is 24.6 Å². The lowest BCUT2D eigenvalue weighted by Gasteiger charge is -2.15. The van der Waals surface area contributed by atoms with Gasteiger partial charge in [-0.3, -0.25) is 0 Å². The Hall–Kier alpha value is -2.82. The van der Waals surface area contributed by atoms with Crippen LogP contribution in [0.1, 0.15) is 22.8 Å². The second-order valence-corrected chi connectivity index (χ2v) is 8.57. The number of carboxylic acids is 1. The Bertz CT molecular complexity index is 1010. The molecule has 0 aliphatic heterocycles. The van der Waals surface area contributed by atoms with Gasteiger partial charge in [0.15, 0.2) is 11.5 Å². The van der Waals surface area contributed by atoms with E-state index in [4.69, 9.17) is 14.2 Å². The molecular weight excluding hydrogens is 424 g/mol. The first-order valence-corrected chi connectivity index (χ1v) is 11.0. The molecule has 1 atom stereocenters. The molecular formula is C21H28N2O7S. The zero-order valence-electron chi connectivity index (χ0n) is 18.0. The molecule has 0 bridgehead atoms. The number of sulfonamides is 1. The van der Waals surface area contributed by atoms with Crippen molar-refractivity contribution in [3.63, 3.8) is 0 Å². The summed E-state index contributed by atoms with van der Waals surface area (Å²) in [4.78, 5) is 11.6. The monoisotopic (exact) mass is 452 g/mol. The second-order valence-electron chi connectivity index (χ2n) is 6.86. The van der Waals surface area contributed by atoms with E-state index in [0.29, 0.717) is 30.2 Å². The fraction of sp³-hybridized carbons (Fsp3) is 0.381. The highest BCUT2D eigenvalue weighted by atomic mass is 32.2. The van der Waals surface area contributed by atoms with E-state index in [1.807, 2.05) is 12.1 Å². The minimum absolute atomic E-state index is 0.127. The van der Waals surface area contributed by atoms with E-state index >= 15 is 0 Å². The molecule has 0 aliphatic carbocycles. The quantitative estimate of drug-likeness (QED) is 0.449. The normalized spacial score (nSPS) is 12.3. The summed E-state index contributed by atoms with van der Waals surface area (Å²) in [5.41, 5.74) is 1.17. The van der Waals surface area contributed by atoms with Gasteiger partial charge in [-0.05, 0) is 49.2 Å². The molecule has 31 heavy (non-hydrogen) atoms. The van der Waals surface area contributed by atoms with Gasteiger partial charge in [0, 0.05) is 25.4 Å². The zero-order chi connectivity index (χ0) is 23.0. The highest BCUT2D eigenvalue weighted by molar-refractivity contribution is 7.89. The number of nitrogens with one attached hydrogen (secondary N) is 2. The minimum atomic E-state index is -3.88. The molecule has 0 aliphatic rings. The van der Waals surface area contributed by atoms with Crippen molar-refractivity contribution in [1.82, 2.24) is 4.72 Å². The van der Waals surface area contributed by atoms with Crippen molar-refractivity contribution in [1.29, 1.82) is 0 Å². The van der Waals surface area contributed by atoms with Crippen molar-refractivity contribution in [2.75, 3.05) is 39.8 Å². The summed E-state index contributed by atoms with van der Waals surface area (Å²) in [5, 5.41) is 12.6. The van der Waals surface area contributed by atoms with Crippen LogP contribution in [0.2, 0.25) is 0 Å². The maximum absolute atomic E-state index is 12.5. The van der Waals surface area contributed by atoms with Gasteiger partial charge in [0.05, 0.1) is 31.3 Å². The zero-order valence-corrected chi connectivity index (χ0v) is 18.8. The third kappa shape index (κ3) is 6.58. The Labute approximate surface area is 182 Å². The van der Waals surface area contributed by atoms with Crippen LogP contribution in [0.15, 0.2) is 41.3 Å². The average Bonchev–Trinajstić information content (AvgIpc) is 2.73. The Kier molecular flexibility index (Phi) is 8.66. The number of carboxylic acid groups (broad SMARTS) is 1. The number of anilines is 1. The maximum Gasteiger partial charge on any atom is 0.337 e. The number of rotatable bonds is 12. The first-order chi connectivity index (χ1) is 14.7. The molecule has 3 N–H and O–H groups in total. The summed E-state index contributed by atoms with van der Waals surface area (Å²) in [7, 11) is 0.704. The van der Waals surface area contributed by atoms with Gasteiger partial charge in [0.1, 0.15) is 0 Å². The predicted octanol–water partition coefficient (Wildman–Crippen LogP) is 2.37. The van der Waals surface area contributed by atoms with Crippen LogP contribution < -0.4 is 19.5 Å². The third-order valence-electron chi connectivity index (χ3n) is 4.48. The lowest BCUT2D eigenvalue weighted by molar-refractivity contribution is 0.0697. The van der Waals surface area contributed by atoms with Crippen molar-refractivity contribution in [3.8, 4) is 11.5 Å². The van der Waals surface area contributed by atoms with Gasteiger partial charge in [-0.1, -0.05) is 6.07 Å². The molecule has 0 fully saturated rings. The SMILES string of the molecule is COC[C@H](C)NS(=O)(=O)c1ccc(NCCc2ccc(OC)c(OC)c2)c(C(=O)O)c1. The van der Waals surface area contributed by atoms with Crippen LogP contribution >= 0.6 is 0 Å². The number of hydrogen-bond donors (Lipinski definition) is 3. The summed E-state index contributed by atoms with van der Waals surface area (Å²) < 4.78 is 42.9. The van der Waals surface area contributed by atoms with E-state index < -0.39 is 22.0 Å². The highest BCUT2D eigenvalue weighted by Crippen LogP contribution is 2.28. The third-order valence-corrected chi connectivity index (χ3v) is 6.07. The number of methoxy groups -OCH3 is 3. The van der Waals surface area contributed by atoms with Crippen LogP contribution in [0.25, 0.3) is 0 Å². The molecule has 0 spiro atoms. The van der Waals surface area contributed by atoms with Crippen molar-refractivity contribution in [3.05, 3.63) is 47.5 Å². The van der Waals surface area contributed by atoms with Crippen molar-refractivity contribution in [2.24, 2.45) is 0 Å². The van der Waals surface area contributed by atoms with Gasteiger partial charge in [0.2, 0.25) is 10.0 Å². The van der Waals surface area contributed by atoms with Crippen LogP contribution in [-0.4, -0.2) is 60.0 Å². The van der Waals surface area contributed by atoms with Crippen molar-refractivity contribution in [2.45, 2.75) is 24.3 Å². The molecule has 0 aromatic heterocycles. The fourth-order valence-corrected chi connectivity index (χ4v) is 4.27. The Balaban J connectivity index is 2.14. The topological polar surface area (TPSA) is 123 Å². The molecule has 0 saturated carbocycles. The smallest absolute Gasteiger partial charge is 0.337 e. The van der Waals surface area contributed by atoms with E-state index in [1.165, 1.54) is 19.2 Å². The first kappa shape index (κ1) is 24.4. The van der Waals surface area contributed by atoms with Crippen molar-refractivity contribution >= 4 is 21.7 Å². The molecule has 0 heterocycles. The lowest BCUT2D eigenvalue weighted by atomic mass is 10.1. The van der Waals surface area contributed by atoms with Crippen LogP contribution in [0.3, 0.4) is 0 Å². The Morgan fingerprint density at radius 2 is 1.77 bits per heavy atom. The van der Waals surface area contributed by atoms with Gasteiger partial charge in [-0.25, -0.2) is 17.9 Å². The van der Waals surface area contributed by atoms with E-state index in [-0.39, 0.29) is 17.1 Å². The molecule has 170 valence electrons. The van der Waals surface area contributed by atoms with Crippen LogP contribution in [-0.2, 0) is 21.2 Å². The molecule has 2 aromatic rings. The average molecular weight is 453 g/mol. The first-order valence-electron chi connectivity index (χ1n) is 9.55. The number of hydrogen-bond acceptors (Lipinski definition) is 7. The molecule has 2 rings (SSSR count). The summed E-state index contributed by atoms with van der Waals surface area (Å²) in [6.45, 7) is 2.29. The molecule has 2 aromatic carbocycles. The summed E-state index contributed by atoms with van der Waals surface area (Å²) in [6.07, 6.45) is 0.593. The fourth-order valence-electron chi connectivity index (χ4n) is 3.02. The summed E-state index contributed by atoms with van der Waals surface area (Å²) in [6, 6.07) is 9.05. The van der Waals surface area contributed by atoms with Crippen LogP contribution in [0, 0.1) is 0 Å². The van der Waals surface area contributed by atoms with Gasteiger partial charge in [-0.15, -0.1) is 0 Å². The van der Waals surface area contributed by atoms with Crippen LogP contribution in [0.5, 0.6) is 11.5 Å². The largest absolute Gasteiger partial charge is 0.493 e. The van der Waals surface area contributed by atoms with E-state index in [0.717, 1.165) is 11.6 Å². The minimum Gasteiger partial charge on any atom is -0.493 e. The predicted molar refractivity (Wildman–Crippen MR) is 117 cm³/mol. The summed E-state index contributed by atoms with van der Waals surface area (Å²) in [5.74, 6) is 0.00388. The van der Waals surface area contributed by atoms with Gasteiger partial charge in [-0.2, -0.15) is 0 Å². The highest BCUT2D eigenvalue weighted by Gasteiger charge is 2.21. The molecule has 0 amide bonds. The number of benzene rings is 2. The van der Waals surface area contributed by atoms with E-state index in [1.54, 1.807) is 27.2 Å². The van der Waals surface area contributed by atoms with Crippen molar-refractivity contribution < 1.29 is 32.5 Å². The van der Waals surface area contributed by atoms with Crippen LogP contribution in [0.4, 0.5) is 5.69 Å². The molecule has 0 unspecified atom stereocenters. The number of ether oxygens (including phenoxy) is 3. The molecule has 10 heteroatoms. The summed E-state index contributed by atoms with van der Waals surface area (Å²) >= 11 is 0.